The van der Waals surface area contributed by atoms with Crippen molar-refractivity contribution in [3.05, 3.63) is 36.2 Å². The van der Waals surface area contributed by atoms with Crippen LogP contribution in [0.4, 0.5) is 0 Å². The van der Waals surface area contributed by atoms with Gasteiger partial charge in [-0.15, -0.1) is 11.8 Å². The van der Waals surface area contributed by atoms with Gasteiger partial charge in [-0.1, -0.05) is 13.0 Å². The van der Waals surface area contributed by atoms with Crippen molar-refractivity contribution >= 4 is 17.7 Å². The number of nitrogens with zero attached hydrogens (tertiary/aromatic N) is 1. The molecular weight excluding hydrogens is 210 g/mol. The van der Waals surface area contributed by atoms with E-state index in [9.17, 15) is 4.79 Å². The number of hydrogen-bond acceptors (Lipinski definition) is 3. The van der Waals surface area contributed by atoms with E-state index in [1.54, 1.807) is 30.2 Å². The lowest BCUT2D eigenvalue weighted by Crippen LogP contribution is -1.99. The Bertz CT molecular complexity index is 349. The van der Waals surface area contributed by atoms with E-state index in [1.165, 1.54) is 0 Å². The van der Waals surface area contributed by atoms with Crippen LogP contribution in [0.2, 0.25) is 0 Å². The van der Waals surface area contributed by atoms with Crippen LogP contribution in [0.3, 0.4) is 0 Å². The van der Waals surface area contributed by atoms with Crippen molar-refractivity contribution in [1.29, 1.82) is 0 Å². The molecule has 3 nitrogen and oxygen atoms in total. The maximum Gasteiger partial charge on any atom is 0.331 e. The molecule has 0 unspecified atom stereocenters. The van der Waals surface area contributed by atoms with Crippen molar-refractivity contribution in [2.75, 3.05) is 5.75 Å². The van der Waals surface area contributed by atoms with Gasteiger partial charge in [-0.2, -0.15) is 0 Å². The average molecular weight is 223 g/mol. The third kappa shape index (κ3) is 4.16. The van der Waals surface area contributed by atoms with E-state index in [0.717, 1.165) is 4.90 Å². The van der Waals surface area contributed by atoms with Gasteiger partial charge in [0.2, 0.25) is 0 Å². The largest absolute Gasteiger partial charge is 0.478 e. The summed E-state index contributed by atoms with van der Waals surface area (Å²) in [4.78, 5) is 15.7. The Labute approximate surface area is 93.2 Å². The number of carbonyl (C=O) groups is 1. The lowest BCUT2D eigenvalue weighted by molar-refractivity contribution is -0.132. The fraction of sp³-hybridized carbons (Fsp3) is 0.273. The molecule has 0 amide bonds. The van der Waals surface area contributed by atoms with E-state index >= 15 is 0 Å². The summed E-state index contributed by atoms with van der Waals surface area (Å²) < 4.78 is 0. The second-order valence-corrected chi connectivity index (χ2v) is 3.98. The van der Waals surface area contributed by atoms with Gasteiger partial charge in [0.25, 0.3) is 0 Å². The summed E-state index contributed by atoms with van der Waals surface area (Å²) in [5.41, 5.74) is 0.469. The number of hydrogen-bond donors (Lipinski definition) is 1. The fourth-order valence-corrected chi connectivity index (χ4v) is 1.85. The summed E-state index contributed by atoms with van der Waals surface area (Å²) in [6, 6.07) is 3.82. The maximum atomic E-state index is 10.7. The van der Waals surface area contributed by atoms with Crippen molar-refractivity contribution in [2.45, 2.75) is 18.2 Å². The highest BCUT2D eigenvalue weighted by Crippen LogP contribution is 2.17. The minimum Gasteiger partial charge on any atom is -0.478 e. The fourth-order valence-electron chi connectivity index (χ4n) is 1.06. The second kappa shape index (κ2) is 6.24. The molecule has 0 saturated carbocycles. The second-order valence-electron chi connectivity index (χ2n) is 2.88. The topological polar surface area (TPSA) is 50.2 Å². The first-order chi connectivity index (χ1) is 7.24. The molecule has 0 aliphatic heterocycles. The molecule has 1 aromatic rings. The van der Waals surface area contributed by atoms with Gasteiger partial charge in [-0.3, -0.25) is 4.98 Å². The normalized spacial score (nSPS) is 11.4. The summed E-state index contributed by atoms with van der Waals surface area (Å²) in [6.45, 7) is 1.84. The first kappa shape index (κ1) is 11.8. The van der Waals surface area contributed by atoms with E-state index < -0.39 is 5.97 Å². The predicted octanol–water partition coefficient (Wildman–Crippen LogP) is 2.59. The summed E-state index contributed by atoms with van der Waals surface area (Å²) in [5, 5.41) is 8.78. The third-order valence-corrected chi connectivity index (χ3v) is 2.82. The minimum absolute atomic E-state index is 0.469. The molecule has 0 aliphatic rings. The molecule has 0 aromatic carbocycles. The molecule has 1 N–H and O–H groups in total. The van der Waals surface area contributed by atoms with Crippen molar-refractivity contribution < 1.29 is 9.90 Å². The van der Waals surface area contributed by atoms with Crippen molar-refractivity contribution in [2.24, 2.45) is 0 Å². The highest BCUT2D eigenvalue weighted by atomic mass is 32.2. The Morgan fingerprint density at radius 3 is 2.73 bits per heavy atom. The molecule has 15 heavy (non-hydrogen) atoms. The maximum absolute atomic E-state index is 10.7. The Hall–Kier alpha value is -1.29. The lowest BCUT2D eigenvalue weighted by Gasteiger charge is -1.99. The van der Waals surface area contributed by atoms with Crippen LogP contribution in [-0.2, 0) is 4.79 Å². The molecule has 80 valence electrons. The van der Waals surface area contributed by atoms with E-state index in [-0.39, 0.29) is 0 Å². The smallest absolute Gasteiger partial charge is 0.331 e. The van der Waals surface area contributed by atoms with Gasteiger partial charge in [0.05, 0.1) is 0 Å². The van der Waals surface area contributed by atoms with Gasteiger partial charge < -0.3 is 5.11 Å². The third-order valence-electron chi connectivity index (χ3n) is 1.89. The van der Waals surface area contributed by atoms with Crippen molar-refractivity contribution in [1.82, 2.24) is 4.98 Å². The molecule has 0 radical (unpaired) electrons. The first-order valence-corrected chi connectivity index (χ1v) is 5.67. The first-order valence-electron chi connectivity index (χ1n) is 4.69. The SMILES string of the molecule is CCC(=CCSc1ccncc1)C(=O)O. The van der Waals surface area contributed by atoms with Crippen LogP contribution in [0.25, 0.3) is 0 Å². The van der Waals surface area contributed by atoms with Crippen LogP contribution in [-0.4, -0.2) is 21.8 Å². The summed E-state index contributed by atoms with van der Waals surface area (Å²) in [5.74, 6) is -0.146. The number of aromatic nitrogens is 1. The zero-order chi connectivity index (χ0) is 11.1. The zero-order valence-electron chi connectivity index (χ0n) is 8.51. The number of pyridine rings is 1. The predicted molar refractivity (Wildman–Crippen MR) is 61.0 cm³/mol. The van der Waals surface area contributed by atoms with Crippen molar-refractivity contribution in [3.8, 4) is 0 Å². The van der Waals surface area contributed by atoms with Crippen LogP contribution in [0, 0.1) is 0 Å². The highest BCUT2D eigenvalue weighted by molar-refractivity contribution is 7.99. The Balaban J connectivity index is 2.48. The number of carboxylic acid groups (broad SMARTS) is 1. The zero-order valence-corrected chi connectivity index (χ0v) is 9.33. The van der Waals surface area contributed by atoms with E-state index in [1.807, 2.05) is 19.1 Å². The van der Waals surface area contributed by atoms with E-state index in [2.05, 4.69) is 4.98 Å². The quantitative estimate of drug-likeness (QED) is 0.615. The Kier molecular flexibility index (Phi) is 4.90. The van der Waals surface area contributed by atoms with Gasteiger partial charge in [0.15, 0.2) is 0 Å². The average Bonchev–Trinajstić information content (AvgIpc) is 2.25. The van der Waals surface area contributed by atoms with Crippen LogP contribution in [0.15, 0.2) is 41.1 Å². The summed E-state index contributed by atoms with van der Waals surface area (Å²) >= 11 is 1.60. The van der Waals surface area contributed by atoms with E-state index in [0.29, 0.717) is 17.7 Å². The molecule has 0 spiro atoms. The van der Waals surface area contributed by atoms with Gasteiger partial charge >= 0.3 is 5.97 Å². The monoisotopic (exact) mass is 223 g/mol. The van der Waals surface area contributed by atoms with Crippen LogP contribution >= 0.6 is 11.8 Å². The number of carboxylic acids is 1. The Morgan fingerprint density at radius 1 is 1.53 bits per heavy atom. The van der Waals surface area contributed by atoms with E-state index in [4.69, 9.17) is 5.11 Å². The lowest BCUT2D eigenvalue weighted by atomic mass is 10.2. The molecule has 1 heterocycles. The number of aliphatic carboxylic acids is 1. The molecule has 0 bridgehead atoms. The van der Waals surface area contributed by atoms with Crippen LogP contribution in [0.5, 0.6) is 0 Å². The molecule has 4 heteroatoms. The summed E-state index contributed by atoms with van der Waals surface area (Å²) in [7, 11) is 0. The minimum atomic E-state index is -0.826. The molecule has 0 fully saturated rings. The number of rotatable bonds is 5. The Morgan fingerprint density at radius 2 is 2.20 bits per heavy atom. The van der Waals surface area contributed by atoms with Gasteiger partial charge in [0, 0.05) is 28.6 Å². The van der Waals surface area contributed by atoms with Crippen molar-refractivity contribution in [3.63, 3.8) is 0 Å². The van der Waals surface area contributed by atoms with Gasteiger partial charge in [-0.05, 0) is 18.6 Å². The summed E-state index contributed by atoms with van der Waals surface area (Å²) in [6.07, 6.45) is 5.77. The van der Waals surface area contributed by atoms with Crippen LogP contribution < -0.4 is 0 Å². The standard InChI is InChI=1S/C11H13NO2S/c1-2-9(11(13)14)5-8-15-10-3-6-12-7-4-10/h3-7H,2,8H2,1H3,(H,13,14). The molecule has 1 aromatic heterocycles. The van der Waals surface area contributed by atoms with Crippen LogP contribution in [0.1, 0.15) is 13.3 Å². The molecule has 0 saturated heterocycles. The number of thioether (sulfide) groups is 1. The molecule has 1 rings (SSSR count). The van der Waals surface area contributed by atoms with Gasteiger partial charge in [-0.25, -0.2) is 4.79 Å². The molecule has 0 aliphatic carbocycles. The highest BCUT2D eigenvalue weighted by Gasteiger charge is 2.02. The molecular formula is C11H13NO2S. The molecule has 0 atom stereocenters. The van der Waals surface area contributed by atoms with Gasteiger partial charge in [0.1, 0.15) is 0 Å².